The summed E-state index contributed by atoms with van der Waals surface area (Å²) in [5, 5.41) is 3.37. The van der Waals surface area contributed by atoms with Crippen LogP contribution in [-0.2, 0) is 12.6 Å². The number of hydrogen-bond donors (Lipinski definition) is 1. The molecule has 0 fully saturated rings. The van der Waals surface area contributed by atoms with Crippen LogP contribution in [0.1, 0.15) is 11.3 Å². The second kappa shape index (κ2) is 6.21. The molecular weight excluding hydrogens is 366 g/mol. The molecule has 2 nitrogen and oxygen atoms in total. The highest BCUT2D eigenvalue weighted by atomic mass is 32.1. The van der Waals surface area contributed by atoms with Crippen molar-refractivity contribution < 1.29 is 26.3 Å². The number of H-pyrrole nitrogens is 1. The van der Waals surface area contributed by atoms with Crippen molar-refractivity contribution >= 4 is 11.3 Å². The number of alkyl halides is 6. The van der Waals surface area contributed by atoms with E-state index in [1.807, 2.05) is 0 Å². The van der Waals surface area contributed by atoms with Crippen LogP contribution in [0, 0.1) is 0 Å². The molecule has 0 aliphatic carbocycles. The molecule has 0 bridgehead atoms. The van der Waals surface area contributed by atoms with Gasteiger partial charge in [-0.3, -0.25) is 0 Å². The van der Waals surface area contributed by atoms with Gasteiger partial charge in [-0.05, 0) is 23.6 Å². The lowest BCUT2D eigenvalue weighted by atomic mass is 10.1. The molecule has 1 N–H and O–H groups in total. The number of aromatic amines is 1. The number of halogens is 6. The summed E-state index contributed by atoms with van der Waals surface area (Å²) in [5.74, 6) is 0.0918. The Labute approximate surface area is 142 Å². The Kier molecular flexibility index (Phi) is 4.36. The molecule has 9 heteroatoms. The third-order valence-electron chi connectivity index (χ3n) is 3.44. The first-order valence-electron chi connectivity index (χ1n) is 6.99. The maximum absolute atomic E-state index is 12.8. The minimum Gasteiger partial charge on any atom is -0.341 e. The third-order valence-corrected chi connectivity index (χ3v) is 4.12. The van der Waals surface area contributed by atoms with Gasteiger partial charge in [-0.25, -0.2) is 4.98 Å². The summed E-state index contributed by atoms with van der Waals surface area (Å²) >= 11 is 1.31. The lowest BCUT2D eigenvalue weighted by Gasteiger charge is -2.06. The van der Waals surface area contributed by atoms with Crippen LogP contribution >= 0.6 is 11.3 Å². The SMILES string of the molecule is FC(F)(F)Cc1[nH]c(-c2ccc(C(F)(F)F)cc2)nc1-c1ccsc1. The summed E-state index contributed by atoms with van der Waals surface area (Å²) in [6.07, 6.45) is -10.1. The Balaban J connectivity index is 2.01. The molecule has 0 spiro atoms. The molecule has 0 saturated heterocycles. The molecule has 132 valence electrons. The average molecular weight is 376 g/mol. The predicted octanol–water partition coefficient (Wildman–Crippen LogP) is 5.93. The zero-order valence-electron chi connectivity index (χ0n) is 12.4. The number of nitrogens with zero attached hydrogens (tertiary/aromatic N) is 1. The van der Waals surface area contributed by atoms with Gasteiger partial charge in [0.05, 0.1) is 23.4 Å². The minimum absolute atomic E-state index is 0.0918. The fourth-order valence-corrected chi connectivity index (χ4v) is 2.97. The number of nitrogens with one attached hydrogen (secondary N) is 1. The van der Waals surface area contributed by atoms with Gasteiger partial charge in [0.1, 0.15) is 5.82 Å². The van der Waals surface area contributed by atoms with Crippen LogP contribution in [-0.4, -0.2) is 16.1 Å². The maximum atomic E-state index is 12.8. The monoisotopic (exact) mass is 376 g/mol. The van der Waals surface area contributed by atoms with Gasteiger partial charge in [0.25, 0.3) is 0 Å². The van der Waals surface area contributed by atoms with Gasteiger partial charge in [-0.15, -0.1) is 0 Å². The standard InChI is InChI=1S/C16H10F6N2S/c17-15(18,19)7-12-13(10-5-6-25-8-10)24-14(23-12)9-1-3-11(4-2-9)16(20,21)22/h1-6,8H,7H2,(H,23,24). The molecule has 0 amide bonds. The number of hydrogen-bond acceptors (Lipinski definition) is 2. The van der Waals surface area contributed by atoms with E-state index < -0.39 is 24.3 Å². The highest BCUT2D eigenvalue weighted by molar-refractivity contribution is 7.08. The predicted molar refractivity (Wildman–Crippen MR) is 82.1 cm³/mol. The molecule has 2 aromatic heterocycles. The molecule has 3 rings (SSSR count). The van der Waals surface area contributed by atoms with Crippen LogP contribution in [0.25, 0.3) is 22.6 Å². The third kappa shape index (κ3) is 4.04. The van der Waals surface area contributed by atoms with Gasteiger partial charge in [0.15, 0.2) is 0 Å². The van der Waals surface area contributed by atoms with Gasteiger partial charge in [0, 0.05) is 16.5 Å². The lowest BCUT2D eigenvalue weighted by molar-refractivity contribution is -0.137. The van der Waals surface area contributed by atoms with E-state index in [-0.39, 0.29) is 22.8 Å². The second-order valence-corrected chi connectivity index (χ2v) is 6.07. The largest absolute Gasteiger partial charge is 0.416 e. The first-order valence-corrected chi connectivity index (χ1v) is 7.93. The normalized spacial score (nSPS) is 12.6. The van der Waals surface area contributed by atoms with E-state index in [4.69, 9.17) is 0 Å². The van der Waals surface area contributed by atoms with Crippen LogP contribution in [0.15, 0.2) is 41.1 Å². The van der Waals surface area contributed by atoms with Crippen LogP contribution in [0.5, 0.6) is 0 Å². The summed E-state index contributed by atoms with van der Waals surface area (Å²) in [4.78, 5) is 6.76. The summed E-state index contributed by atoms with van der Waals surface area (Å²) in [6, 6.07) is 5.72. The Bertz CT molecular complexity index is 844. The van der Waals surface area contributed by atoms with Crippen molar-refractivity contribution in [2.75, 3.05) is 0 Å². The average Bonchev–Trinajstić information content (AvgIpc) is 3.14. The smallest absolute Gasteiger partial charge is 0.341 e. The fraction of sp³-hybridized carbons (Fsp3) is 0.188. The van der Waals surface area contributed by atoms with Crippen LogP contribution in [0.3, 0.4) is 0 Å². The van der Waals surface area contributed by atoms with Gasteiger partial charge in [-0.1, -0.05) is 12.1 Å². The Morgan fingerprint density at radius 3 is 2.12 bits per heavy atom. The number of thiophene rings is 1. The maximum Gasteiger partial charge on any atom is 0.416 e. The van der Waals surface area contributed by atoms with Crippen molar-refractivity contribution in [3.63, 3.8) is 0 Å². The van der Waals surface area contributed by atoms with E-state index in [0.29, 0.717) is 5.56 Å². The first kappa shape index (κ1) is 17.5. The first-order chi connectivity index (χ1) is 11.6. The molecule has 1 aromatic carbocycles. The van der Waals surface area contributed by atoms with Crippen molar-refractivity contribution in [2.45, 2.75) is 18.8 Å². The number of imidazole rings is 1. The number of benzene rings is 1. The van der Waals surface area contributed by atoms with Crippen LogP contribution in [0.4, 0.5) is 26.3 Å². The van der Waals surface area contributed by atoms with Gasteiger partial charge >= 0.3 is 12.4 Å². The zero-order chi connectivity index (χ0) is 18.2. The van der Waals surface area contributed by atoms with E-state index in [1.165, 1.54) is 23.5 Å². The summed E-state index contributed by atoms with van der Waals surface area (Å²) < 4.78 is 76.2. The molecule has 2 heterocycles. The van der Waals surface area contributed by atoms with Gasteiger partial charge < -0.3 is 4.98 Å². The molecule has 0 radical (unpaired) electrons. The van der Waals surface area contributed by atoms with Crippen molar-refractivity contribution in [1.82, 2.24) is 9.97 Å². The van der Waals surface area contributed by atoms with Crippen molar-refractivity contribution in [1.29, 1.82) is 0 Å². The Hall–Kier alpha value is -2.29. The summed E-state index contributed by atoms with van der Waals surface area (Å²) in [6.45, 7) is 0. The molecule has 0 unspecified atom stereocenters. The fourth-order valence-electron chi connectivity index (χ4n) is 2.33. The Morgan fingerprint density at radius 2 is 1.60 bits per heavy atom. The van der Waals surface area contributed by atoms with Crippen molar-refractivity contribution in [3.05, 3.63) is 52.3 Å². The van der Waals surface area contributed by atoms with Crippen molar-refractivity contribution in [3.8, 4) is 22.6 Å². The molecule has 3 aromatic rings. The number of aromatic nitrogens is 2. The van der Waals surface area contributed by atoms with E-state index in [1.54, 1.807) is 16.8 Å². The quantitative estimate of drug-likeness (QED) is 0.564. The lowest BCUT2D eigenvalue weighted by Crippen LogP contribution is -2.12. The molecule has 0 aliphatic rings. The second-order valence-electron chi connectivity index (χ2n) is 5.29. The van der Waals surface area contributed by atoms with Crippen molar-refractivity contribution in [2.24, 2.45) is 0 Å². The van der Waals surface area contributed by atoms with E-state index in [0.717, 1.165) is 12.1 Å². The van der Waals surface area contributed by atoms with E-state index in [2.05, 4.69) is 9.97 Å². The topological polar surface area (TPSA) is 28.7 Å². The minimum atomic E-state index is -4.48. The highest BCUT2D eigenvalue weighted by Crippen LogP contribution is 2.33. The van der Waals surface area contributed by atoms with Gasteiger partial charge in [-0.2, -0.15) is 37.7 Å². The van der Waals surface area contributed by atoms with Crippen LogP contribution < -0.4 is 0 Å². The molecular formula is C16H10F6N2S. The van der Waals surface area contributed by atoms with Crippen LogP contribution in [0.2, 0.25) is 0 Å². The highest BCUT2D eigenvalue weighted by Gasteiger charge is 2.32. The molecule has 0 aliphatic heterocycles. The summed E-state index contributed by atoms with van der Waals surface area (Å²) in [7, 11) is 0. The summed E-state index contributed by atoms with van der Waals surface area (Å²) in [5.41, 5.74) is -0.0118. The van der Waals surface area contributed by atoms with Gasteiger partial charge in [0.2, 0.25) is 0 Å². The molecule has 0 saturated carbocycles. The zero-order valence-corrected chi connectivity index (χ0v) is 13.2. The molecule has 0 atom stereocenters. The molecule has 25 heavy (non-hydrogen) atoms. The number of rotatable bonds is 3. The van der Waals surface area contributed by atoms with E-state index in [9.17, 15) is 26.3 Å². The Morgan fingerprint density at radius 1 is 0.920 bits per heavy atom. The van der Waals surface area contributed by atoms with E-state index >= 15 is 0 Å².